The van der Waals surface area contributed by atoms with Crippen LogP contribution in [-0.2, 0) is 13.2 Å². The molecule has 13 heavy (non-hydrogen) atoms. The van der Waals surface area contributed by atoms with Crippen molar-refractivity contribution in [2.45, 2.75) is 13.2 Å². The van der Waals surface area contributed by atoms with Gasteiger partial charge in [0, 0.05) is 17.5 Å². The van der Waals surface area contributed by atoms with Gasteiger partial charge in [-0.2, -0.15) is 0 Å². The lowest BCUT2D eigenvalue weighted by atomic mass is 10.1. The summed E-state index contributed by atoms with van der Waals surface area (Å²) < 4.78 is 5.27. The molecule has 0 atom stereocenters. The van der Waals surface area contributed by atoms with Crippen LogP contribution in [0.4, 0.5) is 0 Å². The minimum absolute atomic E-state index is 0.00890. The maximum atomic E-state index is 8.97. The Labute approximate surface area is 75.8 Å². The standard InChI is InChI=1S/C10H11NO2/c11-4-7-1-2-9-8(5-12)6-13-10(9)3-7/h1-3,6,12H,4-5,11H2. The van der Waals surface area contributed by atoms with Crippen LogP contribution in [-0.4, -0.2) is 5.11 Å². The van der Waals surface area contributed by atoms with Crippen LogP contribution in [0.3, 0.4) is 0 Å². The van der Waals surface area contributed by atoms with Crippen molar-refractivity contribution in [2.24, 2.45) is 5.73 Å². The molecule has 1 aromatic heterocycles. The van der Waals surface area contributed by atoms with E-state index in [-0.39, 0.29) is 6.61 Å². The molecule has 0 spiro atoms. The first-order valence-corrected chi connectivity index (χ1v) is 4.15. The van der Waals surface area contributed by atoms with Crippen LogP contribution in [0.2, 0.25) is 0 Å². The molecule has 0 bridgehead atoms. The first kappa shape index (κ1) is 8.29. The van der Waals surface area contributed by atoms with Crippen LogP contribution >= 0.6 is 0 Å². The van der Waals surface area contributed by atoms with E-state index in [9.17, 15) is 0 Å². The fraction of sp³-hybridized carbons (Fsp3) is 0.200. The highest BCUT2D eigenvalue weighted by Gasteiger charge is 2.04. The number of fused-ring (bicyclic) bond motifs is 1. The van der Waals surface area contributed by atoms with Crippen LogP contribution in [0.15, 0.2) is 28.9 Å². The first-order chi connectivity index (χ1) is 6.35. The molecular weight excluding hydrogens is 166 g/mol. The largest absolute Gasteiger partial charge is 0.464 e. The van der Waals surface area contributed by atoms with Gasteiger partial charge >= 0.3 is 0 Å². The van der Waals surface area contributed by atoms with Gasteiger partial charge in [-0.25, -0.2) is 0 Å². The fourth-order valence-corrected chi connectivity index (χ4v) is 1.38. The highest BCUT2D eigenvalue weighted by atomic mass is 16.3. The minimum Gasteiger partial charge on any atom is -0.464 e. The zero-order valence-corrected chi connectivity index (χ0v) is 7.16. The van der Waals surface area contributed by atoms with Crippen LogP contribution in [0.1, 0.15) is 11.1 Å². The van der Waals surface area contributed by atoms with Crippen LogP contribution in [0.25, 0.3) is 11.0 Å². The molecule has 1 aromatic carbocycles. The van der Waals surface area contributed by atoms with E-state index in [4.69, 9.17) is 15.3 Å². The molecule has 2 rings (SSSR count). The fourth-order valence-electron chi connectivity index (χ4n) is 1.38. The van der Waals surface area contributed by atoms with E-state index in [0.29, 0.717) is 6.54 Å². The van der Waals surface area contributed by atoms with Gasteiger partial charge in [0.2, 0.25) is 0 Å². The number of hydrogen-bond donors (Lipinski definition) is 2. The molecule has 0 radical (unpaired) electrons. The summed E-state index contributed by atoms with van der Waals surface area (Å²) in [6, 6.07) is 5.76. The summed E-state index contributed by atoms with van der Waals surface area (Å²) in [6.45, 7) is 0.514. The van der Waals surface area contributed by atoms with E-state index in [1.54, 1.807) is 6.26 Å². The monoisotopic (exact) mass is 177 g/mol. The average molecular weight is 177 g/mol. The van der Waals surface area contributed by atoms with Gasteiger partial charge in [0.05, 0.1) is 12.9 Å². The molecule has 0 unspecified atom stereocenters. The lowest BCUT2D eigenvalue weighted by Gasteiger charge is -1.95. The van der Waals surface area contributed by atoms with Gasteiger partial charge in [0.15, 0.2) is 0 Å². The first-order valence-electron chi connectivity index (χ1n) is 4.15. The van der Waals surface area contributed by atoms with E-state index in [1.165, 1.54) is 0 Å². The van der Waals surface area contributed by atoms with Gasteiger partial charge in [-0.05, 0) is 11.6 Å². The second kappa shape index (κ2) is 3.20. The normalized spacial score (nSPS) is 10.9. The lowest BCUT2D eigenvalue weighted by molar-refractivity contribution is 0.282. The van der Waals surface area contributed by atoms with Crippen LogP contribution in [0, 0.1) is 0 Å². The molecule has 0 aliphatic heterocycles. The third kappa shape index (κ3) is 1.32. The molecule has 3 nitrogen and oxygen atoms in total. The molecular formula is C10H11NO2. The highest BCUT2D eigenvalue weighted by Crippen LogP contribution is 2.22. The molecule has 0 saturated carbocycles. The minimum atomic E-state index is 0.00890. The Hall–Kier alpha value is -1.32. The summed E-state index contributed by atoms with van der Waals surface area (Å²) in [6.07, 6.45) is 1.57. The second-order valence-electron chi connectivity index (χ2n) is 2.95. The molecule has 68 valence electrons. The summed E-state index contributed by atoms with van der Waals surface area (Å²) >= 11 is 0. The molecule has 0 aliphatic rings. The van der Waals surface area contributed by atoms with Crippen molar-refractivity contribution in [2.75, 3.05) is 0 Å². The Balaban J connectivity index is 2.61. The van der Waals surface area contributed by atoms with Crippen LogP contribution in [0.5, 0.6) is 0 Å². The SMILES string of the molecule is NCc1ccc2c(CO)coc2c1. The summed E-state index contributed by atoms with van der Waals surface area (Å²) in [5.41, 5.74) is 8.13. The summed E-state index contributed by atoms with van der Waals surface area (Å²) in [5, 5.41) is 9.92. The number of aliphatic hydroxyl groups is 1. The molecule has 0 fully saturated rings. The zero-order chi connectivity index (χ0) is 9.26. The quantitative estimate of drug-likeness (QED) is 0.728. The number of benzene rings is 1. The van der Waals surface area contributed by atoms with Gasteiger partial charge < -0.3 is 15.3 Å². The predicted molar refractivity (Wildman–Crippen MR) is 50.0 cm³/mol. The Morgan fingerprint density at radius 1 is 1.38 bits per heavy atom. The zero-order valence-electron chi connectivity index (χ0n) is 7.16. The van der Waals surface area contributed by atoms with Crippen molar-refractivity contribution in [1.29, 1.82) is 0 Å². The van der Waals surface area contributed by atoms with E-state index < -0.39 is 0 Å². The Kier molecular flexibility index (Phi) is 2.04. The van der Waals surface area contributed by atoms with Gasteiger partial charge in [-0.1, -0.05) is 12.1 Å². The Morgan fingerprint density at radius 2 is 2.23 bits per heavy atom. The third-order valence-electron chi connectivity index (χ3n) is 2.13. The van der Waals surface area contributed by atoms with Crippen molar-refractivity contribution < 1.29 is 9.52 Å². The number of aliphatic hydroxyl groups excluding tert-OH is 1. The topological polar surface area (TPSA) is 59.4 Å². The highest BCUT2D eigenvalue weighted by molar-refractivity contribution is 5.81. The number of hydrogen-bond acceptors (Lipinski definition) is 3. The number of nitrogens with two attached hydrogens (primary N) is 1. The Bertz CT molecular complexity index is 420. The molecule has 0 aliphatic carbocycles. The van der Waals surface area contributed by atoms with E-state index in [2.05, 4.69) is 0 Å². The third-order valence-corrected chi connectivity index (χ3v) is 2.13. The van der Waals surface area contributed by atoms with Crippen LogP contribution < -0.4 is 5.73 Å². The van der Waals surface area contributed by atoms with Crippen molar-refractivity contribution in [3.05, 3.63) is 35.6 Å². The molecule has 0 amide bonds. The smallest absolute Gasteiger partial charge is 0.134 e. The number of furan rings is 1. The van der Waals surface area contributed by atoms with Gasteiger partial charge in [0.25, 0.3) is 0 Å². The maximum absolute atomic E-state index is 8.97. The van der Waals surface area contributed by atoms with Gasteiger partial charge in [-0.15, -0.1) is 0 Å². The summed E-state index contributed by atoms with van der Waals surface area (Å²) in [4.78, 5) is 0. The number of rotatable bonds is 2. The average Bonchev–Trinajstić information content (AvgIpc) is 2.59. The molecule has 0 saturated heterocycles. The molecule has 2 aromatic rings. The molecule has 1 heterocycles. The van der Waals surface area contributed by atoms with Crippen molar-refractivity contribution in [3.8, 4) is 0 Å². The van der Waals surface area contributed by atoms with E-state index in [1.807, 2.05) is 18.2 Å². The van der Waals surface area contributed by atoms with E-state index in [0.717, 1.165) is 22.1 Å². The summed E-state index contributed by atoms with van der Waals surface area (Å²) in [7, 11) is 0. The van der Waals surface area contributed by atoms with Gasteiger partial charge in [-0.3, -0.25) is 0 Å². The maximum Gasteiger partial charge on any atom is 0.134 e. The van der Waals surface area contributed by atoms with Crippen molar-refractivity contribution >= 4 is 11.0 Å². The summed E-state index contributed by atoms with van der Waals surface area (Å²) in [5.74, 6) is 0. The molecule has 3 N–H and O–H groups in total. The second-order valence-corrected chi connectivity index (χ2v) is 2.95. The van der Waals surface area contributed by atoms with Crippen molar-refractivity contribution in [3.63, 3.8) is 0 Å². The Morgan fingerprint density at radius 3 is 2.92 bits per heavy atom. The lowest BCUT2D eigenvalue weighted by Crippen LogP contribution is -1.94. The van der Waals surface area contributed by atoms with E-state index >= 15 is 0 Å². The van der Waals surface area contributed by atoms with Gasteiger partial charge in [0.1, 0.15) is 5.58 Å². The van der Waals surface area contributed by atoms with Crippen molar-refractivity contribution in [1.82, 2.24) is 0 Å². The predicted octanol–water partition coefficient (Wildman–Crippen LogP) is 1.38. The molecule has 3 heteroatoms.